The van der Waals surface area contributed by atoms with Gasteiger partial charge in [-0.05, 0) is 18.2 Å². The van der Waals surface area contributed by atoms with E-state index < -0.39 is 0 Å². The Balaban J connectivity index is 2.10. The molecule has 0 aliphatic heterocycles. The van der Waals surface area contributed by atoms with Gasteiger partial charge in [-0.3, -0.25) is 0 Å². The van der Waals surface area contributed by atoms with E-state index in [1.54, 1.807) is 19.2 Å². The highest BCUT2D eigenvalue weighted by Gasteiger charge is 2.11. The summed E-state index contributed by atoms with van der Waals surface area (Å²) < 4.78 is 11.2. The Morgan fingerprint density at radius 2 is 1.80 bits per heavy atom. The third kappa shape index (κ3) is 2.38. The Morgan fingerprint density at radius 1 is 1.00 bits per heavy atom. The molecule has 0 aliphatic rings. The second kappa shape index (κ2) is 5.35. The maximum atomic E-state index is 6.05. The Morgan fingerprint density at radius 3 is 2.55 bits per heavy atom. The second-order valence-electron chi connectivity index (χ2n) is 4.10. The van der Waals surface area contributed by atoms with Crippen molar-refractivity contribution in [3.8, 4) is 17.2 Å². The van der Waals surface area contributed by atoms with Crippen LogP contribution in [-0.2, 0) is 0 Å². The van der Waals surface area contributed by atoms with Gasteiger partial charge in [-0.1, -0.05) is 29.8 Å². The fraction of sp³-hybridized carbons (Fsp3) is 0.0667. The Hall–Kier alpha value is -2.33. The molecular formula is C15H11ClN2O2. The number of nitrogens with zero attached hydrogens (tertiary/aromatic N) is 2. The number of hydrogen-bond donors (Lipinski definition) is 0. The fourth-order valence-corrected chi connectivity index (χ4v) is 2.08. The number of hydrogen-bond acceptors (Lipinski definition) is 4. The van der Waals surface area contributed by atoms with Gasteiger partial charge in [-0.15, -0.1) is 0 Å². The van der Waals surface area contributed by atoms with Gasteiger partial charge < -0.3 is 9.47 Å². The molecule has 4 nitrogen and oxygen atoms in total. The van der Waals surface area contributed by atoms with Crippen LogP contribution in [0, 0.1) is 0 Å². The molecule has 1 heterocycles. The molecule has 0 atom stereocenters. The lowest BCUT2D eigenvalue weighted by molar-refractivity contribution is 0.379. The summed E-state index contributed by atoms with van der Waals surface area (Å²) >= 11 is 6.05. The zero-order valence-electron chi connectivity index (χ0n) is 10.7. The number of aromatic nitrogens is 2. The minimum Gasteiger partial charge on any atom is -0.493 e. The van der Waals surface area contributed by atoms with Crippen molar-refractivity contribution in [2.45, 2.75) is 0 Å². The second-order valence-corrected chi connectivity index (χ2v) is 4.46. The summed E-state index contributed by atoms with van der Waals surface area (Å²) in [4.78, 5) is 8.14. The normalized spacial score (nSPS) is 10.5. The number of methoxy groups -OCH3 is 1. The van der Waals surface area contributed by atoms with Crippen LogP contribution in [0.5, 0.6) is 17.2 Å². The van der Waals surface area contributed by atoms with Gasteiger partial charge >= 0.3 is 0 Å². The van der Waals surface area contributed by atoms with E-state index in [1.165, 1.54) is 6.33 Å². The zero-order valence-corrected chi connectivity index (χ0v) is 11.5. The number of ether oxygens (including phenoxy) is 2. The highest BCUT2D eigenvalue weighted by atomic mass is 35.5. The summed E-state index contributed by atoms with van der Waals surface area (Å²) in [6, 6.07) is 13.0. The van der Waals surface area contributed by atoms with Crippen LogP contribution < -0.4 is 9.47 Å². The van der Waals surface area contributed by atoms with E-state index in [-0.39, 0.29) is 0 Å². The molecule has 20 heavy (non-hydrogen) atoms. The average Bonchev–Trinajstić information content (AvgIpc) is 2.48. The van der Waals surface area contributed by atoms with Crippen molar-refractivity contribution in [2.75, 3.05) is 7.11 Å². The molecular weight excluding hydrogens is 276 g/mol. The smallest absolute Gasteiger partial charge is 0.171 e. The van der Waals surface area contributed by atoms with Crippen LogP contribution in [0.15, 0.2) is 48.8 Å². The summed E-state index contributed by atoms with van der Waals surface area (Å²) in [6.45, 7) is 0. The number of halogens is 1. The molecule has 5 heteroatoms. The van der Waals surface area contributed by atoms with Crippen molar-refractivity contribution in [1.29, 1.82) is 0 Å². The van der Waals surface area contributed by atoms with Crippen LogP contribution in [-0.4, -0.2) is 17.1 Å². The third-order valence-electron chi connectivity index (χ3n) is 2.84. The molecule has 0 N–H and O–H groups in total. The average molecular weight is 287 g/mol. The first-order valence-corrected chi connectivity index (χ1v) is 6.37. The lowest BCUT2D eigenvalue weighted by atomic mass is 10.2. The van der Waals surface area contributed by atoms with Crippen molar-refractivity contribution in [3.05, 3.63) is 53.9 Å². The van der Waals surface area contributed by atoms with Crippen molar-refractivity contribution in [2.24, 2.45) is 0 Å². The van der Waals surface area contributed by atoms with E-state index in [1.807, 2.05) is 30.3 Å². The van der Waals surface area contributed by atoms with E-state index in [0.717, 1.165) is 11.1 Å². The van der Waals surface area contributed by atoms with Gasteiger partial charge in [-0.25, -0.2) is 9.97 Å². The predicted molar refractivity (Wildman–Crippen MR) is 77.6 cm³/mol. The third-order valence-corrected chi connectivity index (χ3v) is 3.14. The lowest BCUT2D eigenvalue weighted by Gasteiger charge is -2.11. The number of para-hydroxylation sites is 1. The van der Waals surface area contributed by atoms with Crippen LogP contribution in [0.25, 0.3) is 10.9 Å². The molecule has 3 aromatic rings. The Kier molecular flexibility index (Phi) is 3.39. The first-order chi connectivity index (χ1) is 9.78. The van der Waals surface area contributed by atoms with Gasteiger partial charge in [0.1, 0.15) is 17.2 Å². The summed E-state index contributed by atoms with van der Waals surface area (Å²) in [5, 5.41) is 1.12. The molecule has 0 unspecified atom stereocenters. The summed E-state index contributed by atoms with van der Waals surface area (Å²) in [6.07, 6.45) is 1.42. The summed E-state index contributed by atoms with van der Waals surface area (Å²) in [5.74, 6) is 1.89. The van der Waals surface area contributed by atoms with Crippen LogP contribution in [0.3, 0.4) is 0 Å². The van der Waals surface area contributed by atoms with Gasteiger partial charge in [0.2, 0.25) is 0 Å². The molecule has 0 bridgehead atoms. The van der Waals surface area contributed by atoms with E-state index in [0.29, 0.717) is 22.2 Å². The monoisotopic (exact) mass is 286 g/mol. The van der Waals surface area contributed by atoms with Crippen molar-refractivity contribution in [1.82, 2.24) is 9.97 Å². The molecule has 0 spiro atoms. The first kappa shape index (κ1) is 12.7. The predicted octanol–water partition coefficient (Wildman–Crippen LogP) is 4.08. The van der Waals surface area contributed by atoms with E-state index >= 15 is 0 Å². The largest absolute Gasteiger partial charge is 0.493 e. The van der Waals surface area contributed by atoms with Crippen LogP contribution in [0.2, 0.25) is 5.15 Å². The van der Waals surface area contributed by atoms with Gasteiger partial charge in [0.25, 0.3) is 0 Å². The molecule has 0 fully saturated rings. The fourth-order valence-electron chi connectivity index (χ4n) is 1.89. The Bertz CT molecular complexity index is 747. The quantitative estimate of drug-likeness (QED) is 0.680. The molecule has 0 radical (unpaired) electrons. The molecule has 0 saturated heterocycles. The SMILES string of the molecule is COc1cc2c(Cl)ncnc2cc1Oc1ccccc1. The molecule has 1 aromatic heterocycles. The standard InChI is InChI=1S/C15H11ClN2O2/c1-19-13-7-11-12(17-9-18-15(11)16)8-14(13)20-10-5-3-2-4-6-10/h2-9H,1H3. The van der Waals surface area contributed by atoms with Gasteiger partial charge in [0.15, 0.2) is 11.5 Å². The Labute approximate surface area is 121 Å². The van der Waals surface area contributed by atoms with E-state index in [9.17, 15) is 0 Å². The number of fused-ring (bicyclic) bond motifs is 1. The maximum Gasteiger partial charge on any atom is 0.171 e. The van der Waals surface area contributed by atoms with Crippen molar-refractivity contribution < 1.29 is 9.47 Å². The van der Waals surface area contributed by atoms with Gasteiger partial charge in [-0.2, -0.15) is 0 Å². The summed E-state index contributed by atoms with van der Waals surface area (Å²) in [5.41, 5.74) is 0.705. The van der Waals surface area contributed by atoms with E-state index in [2.05, 4.69) is 9.97 Å². The topological polar surface area (TPSA) is 44.2 Å². The molecule has 0 saturated carbocycles. The highest BCUT2D eigenvalue weighted by Crippen LogP contribution is 2.36. The molecule has 100 valence electrons. The van der Waals surface area contributed by atoms with Crippen LogP contribution in [0.1, 0.15) is 0 Å². The minimum atomic E-state index is 0.388. The molecule has 3 rings (SSSR count). The molecule has 2 aromatic carbocycles. The lowest BCUT2D eigenvalue weighted by Crippen LogP contribution is -1.92. The van der Waals surface area contributed by atoms with E-state index in [4.69, 9.17) is 21.1 Å². The number of rotatable bonds is 3. The molecule has 0 amide bonds. The zero-order chi connectivity index (χ0) is 13.9. The highest BCUT2D eigenvalue weighted by molar-refractivity contribution is 6.34. The van der Waals surface area contributed by atoms with Gasteiger partial charge in [0.05, 0.1) is 12.6 Å². The van der Waals surface area contributed by atoms with Gasteiger partial charge in [0, 0.05) is 11.5 Å². The maximum absolute atomic E-state index is 6.05. The van der Waals surface area contributed by atoms with Crippen LogP contribution >= 0.6 is 11.6 Å². The first-order valence-electron chi connectivity index (χ1n) is 5.99. The van der Waals surface area contributed by atoms with Crippen LogP contribution in [0.4, 0.5) is 0 Å². The summed E-state index contributed by atoms with van der Waals surface area (Å²) in [7, 11) is 1.58. The minimum absolute atomic E-state index is 0.388. The van der Waals surface area contributed by atoms with Crippen molar-refractivity contribution in [3.63, 3.8) is 0 Å². The molecule has 0 aliphatic carbocycles. The number of benzene rings is 2. The van der Waals surface area contributed by atoms with Crippen molar-refractivity contribution >= 4 is 22.5 Å².